The number of hydrogen-bond acceptors (Lipinski definition) is 2. The number of carbonyl (C=O) groups excluding carboxylic acids is 1. The van der Waals surface area contributed by atoms with Crippen LogP contribution >= 0.6 is 0 Å². The minimum Gasteiger partial charge on any atom is -0.478 e. The van der Waals surface area contributed by atoms with E-state index in [4.69, 9.17) is 5.11 Å². The monoisotopic (exact) mass is 371 g/mol. The smallest absolute Gasteiger partial charge is 0.335 e. The predicted octanol–water partition coefficient (Wildman–Crippen LogP) is 4.25. The third-order valence-electron chi connectivity index (χ3n) is 5.29. The van der Waals surface area contributed by atoms with Crippen LogP contribution in [0.3, 0.4) is 0 Å². The largest absolute Gasteiger partial charge is 0.478 e. The zero-order chi connectivity index (χ0) is 19.5. The van der Waals surface area contributed by atoms with Gasteiger partial charge in [-0.3, -0.25) is 4.79 Å². The Kier molecular flexibility index (Phi) is 4.94. The lowest BCUT2D eigenvalue weighted by atomic mass is 9.93. The number of hydrogen-bond donors (Lipinski definition) is 2. The van der Waals surface area contributed by atoms with E-state index < -0.39 is 5.97 Å². The molecule has 0 aromatic heterocycles. The first-order valence-corrected chi connectivity index (χ1v) is 9.40. The van der Waals surface area contributed by atoms with Gasteiger partial charge in [-0.25, -0.2) is 4.79 Å². The number of amides is 1. The molecule has 0 saturated carbocycles. The van der Waals surface area contributed by atoms with E-state index in [-0.39, 0.29) is 17.4 Å². The first-order valence-electron chi connectivity index (χ1n) is 9.40. The van der Waals surface area contributed by atoms with Crippen molar-refractivity contribution in [3.05, 3.63) is 95.1 Å². The standard InChI is InChI=1S/C24H21NO3/c26-23(25-14-13-16-9-11-17(12-10-16)24(27)28)15-22-20-7-3-1-5-18(20)19-6-2-4-8-21(19)22/h1-12,22H,13-15H2,(H,25,26)(H,27,28). The van der Waals surface area contributed by atoms with Gasteiger partial charge in [-0.2, -0.15) is 0 Å². The molecule has 0 aliphatic heterocycles. The number of carboxylic acids is 1. The fourth-order valence-corrected chi connectivity index (χ4v) is 3.90. The third kappa shape index (κ3) is 3.54. The molecule has 4 nitrogen and oxygen atoms in total. The average molecular weight is 371 g/mol. The lowest BCUT2D eigenvalue weighted by molar-refractivity contribution is -0.121. The summed E-state index contributed by atoms with van der Waals surface area (Å²) in [4.78, 5) is 23.5. The summed E-state index contributed by atoms with van der Waals surface area (Å²) in [7, 11) is 0. The molecule has 1 aliphatic rings. The fourth-order valence-electron chi connectivity index (χ4n) is 3.90. The van der Waals surface area contributed by atoms with E-state index in [0.29, 0.717) is 19.4 Å². The molecular formula is C24H21NO3. The van der Waals surface area contributed by atoms with Crippen LogP contribution in [0.1, 0.15) is 39.4 Å². The Bertz CT molecular complexity index is 979. The number of carbonyl (C=O) groups is 2. The van der Waals surface area contributed by atoms with Gasteiger partial charge in [0.25, 0.3) is 0 Å². The summed E-state index contributed by atoms with van der Waals surface area (Å²) in [5, 5.41) is 11.9. The summed E-state index contributed by atoms with van der Waals surface area (Å²) in [5.41, 5.74) is 6.13. The number of fused-ring (bicyclic) bond motifs is 3. The summed E-state index contributed by atoms with van der Waals surface area (Å²) in [6.45, 7) is 0.529. The quantitative estimate of drug-likeness (QED) is 0.681. The fraction of sp³-hybridized carbons (Fsp3) is 0.167. The lowest BCUT2D eigenvalue weighted by Gasteiger charge is -2.13. The molecule has 0 unspecified atom stereocenters. The molecule has 1 aliphatic carbocycles. The van der Waals surface area contributed by atoms with Crippen LogP contribution in [-0.4, -0.2) is 23.5 Å². The normalized spacial score (nSPS) is 12.3. The van der Waals surface area contributed by atoms with Gasteiger partial charge in [-0.05, 0) is 46.4 Å². The molecule has 0 atom stereocenters. The molecule has 0 saturated heterocycles. The van der Waals surface area contributed by atoms with Gasteiger partial charge in [0.15, 0.2) is 0 Å². The Morgan fingerprint density at radius 1 is 0.821 bits per heavy atom. The molecule has 2 N–H and O–H groups in total. The van der Waals surface area contributed by atoms with Gasteiger partial charge in [-0.1, -0.05) is 60.7 Å². The van der Waals surface area contributed by atoms with E-state index in [2.05, 4.69) is 29.6 Å². The summed E-state index contributed by atoms with van der Waals surface area (Å²) in [6, 6.07) is 23.3. The van der Waals surface area contributed by atoms with Gasteiger partial charge in [0.2, 0.25) is 5.91 Å². The molecule has 140 valence electrons. The molecule has 0 heterocycles. The summed E-state index contributed by atoms with van der Waals surface area (Å²) < 4.78 is 0. The Balaban J connectivity index is 1.38. The van der Waals surface area contributed by atoms with Crippen molar-refractivity contribution >= 4 is 11.9 Å². The van der Waals surface area contributed by atoms with Gasteiger partial charge >= 0.3 is 5.97 Å². The Morgan fingerprint density at radius 3 is 1.96 bits per heavy atom. The molecule has 3 aromatic rings. The third-order valence-corrected chi connectivity index (χ3v) is 5.29. The van der Waals surface area contributed by atoms with E-state index >= 15 is 0 Å². The van der Waals surface area contributed by atoms with Crippen molar-refractivity contribution in [2.45, 2.75) is 18.8 Å². The van der Waals surface area contributed by atoms with Crippen molar-refractivity contribution in [2.75, 3.05) is 6.54 Å². The Morgan fingerprint density at radius 2 is 1.39 bits per heavy atom. The highest BCUT2D eigenvalue weighted by molar-refractivity contribution is 5.87. The van der Waals surface area contributed by atoms with E-state index in [1.54, 1.807) is 24.3 Å². The second-order valence-electron chi connectivity index (χ2n) is 7.03. The maximum absolute atomic E-state index is 12.6. The first kappa shape index (κ1) is 18.0. The van der Waals surface area contributed by atoms with Crippen molar-refractivity contribution < 1.29 is 14.7 Å². The van der Waals surface area contributed by atoms with E-state index in [1.165, 1.54) is 22.3 Å². The summed E-state index contributed by atoms with van der Waals surface area (Å²) >= 11 is 0. The second-order valence-corrected chi connectivity index (χ2v) is 7.03. The maximum atomic E-state index is 12.6. The number of carboxylic acid groups (broad SMARTS) is 1. The van der Waals surface area contributed by atoms with Crippen LogP contribution in [0.5, 0.6) is 0 Å². The molecule has 28 heavy (non-hydrogen) atoms. The predicted molar refractivity (Wildman–Crippen MR) is 108 cm³/mol. The van der Waals surface area contributed by atoms with Gasteiger partial charge in [0, 0.05) is 18.9 Å². The van der Waals surface area contributed by atoms with Crippen molar-refractivity contribution in [3.63, 3.8) is 0 Å². The van der Waals surface area contributed by atoms with E-state index in [9.17, 15) is 9.59 Å². The first-order chi connectivity index (χ1) is 13.6. The molecule has 4 rings (SSSR count). The average Bonchev–Trinajstić information content (AvgIpc) is 3.03. The topological polar surface area (TPSA) is 66.4 Å². The maximum Gasteiger partial charge on any atom is 0.335 e. The van der Waals surface area contributed by atoms with E-state index in [1.807, 2.05) is 24.3 Å². The number of aromatic carboxylic acids is 1. The van der Waals surface area contributed by atoms with Crippen LogP contribution in [0.25, 0.3) is 11.1 Å². The highest BCUT2D eigenvalue weighted by Gasteiger charge is 2.29. The van der Waals surface area contributed by atoms with Crippen LogP contribution in [0.15, 0.2) is 72.8 Å². The van der Waals surface area contributed by atoms with Crippen molar-refractivity contribution in [2.24, 2.45) is 0 Å². The Labute approximate surface area is 163 Å². The molecule has 0 fully saturated rings. The van der Waals surface area contributed by atoms with Crippen molar-refractivity contribution in [1.82, 2.24) is 5.32 Å². The molecule has 3 aromatic carbocycles. The Hall–Kier alpha value is -3.40. The van der Waals surface area contributed by atoms with Crippen LogP contribution in [-0.2, 0) is 11.2 Å². The van der Waals surface area contributed by atoms with Gasteiger partial charge in [0.05, 0.1) is 5.56 Å². The van der Waals surface area contributed by atoms with Crippen LogP contribution < -0.4 is 5.32 Å². The number of nitrogens with one attached hydrogen (secondary N) is 1. The zero-order valence-corrected chi connectivity index (χ0v) is 15.4. The zero-order valence-electron chi connectivity index (χ0n) is 15.4. The minimum atomic E-state index is -0.933. The summed E-state index contributed by atoms with van der Waals surface area (Å²) in [5.74, 6) is -0.821. The summed E-state index contributed by atoms with van der Waals surface area (Å²) in [6.07, 6.45) is 1.09. The molecular weight excluding hydrogens is 350 g/mol. The highest BCUT2D eigenvalue weighted by atomic mass is 16.4. The van der Waals surface area contributed by atoms with Crippen LogP contribution in [0.2, 0.25) is 0 Å². The molecule has 0 spiro atoms. The van der Waals surface area contributed by atoms with E-state index in [0.717, 1.165) is 5.56 Å². The van der Waals surface area contributed by atoms with Gasteiger partial charge in [-0.15, -0.1) is 0 Å². The van der Waals surface area contributed by atoms with Crippen molar-refractivity contribution in [3.8, 4) is 11.1 Å². The van der Waals surface area contributed by atoms with Crippen LogP contribution in [0.4, 0.5) is 0 Å². The molecule has 1 amide bonds. The highest BCUT2D eigenvalue weighted by Crippen LogP contribution is 2.45. The molecule has 0 radical (unpaired) electrons. The lowest BCUT2D eigenvalue weighted by Crippen LogP contribution is -2.27. The minimum absolute atomic E-state index is 0.0265. The van der Waals surface area contributed by atoms with Gasteiger partial charge < -0.3 is 10.4 Å². The van der Waals surface area contributed by atoms with Crippen LogP contribution in [0, 0.1) is 0 Å². The number of benzene rings is 3. The number of rotatable bonds is 6. The molecule has 0 bridgehead atoms. The van der Waals surface area contributed by atoms with Gasteiger partial charge in [0.1, 0.15) is 0 Å². The second kappa shape index (κ2) is 7.69. The molecule has 4 heteroatoms. The SMILES string of the molecule is O=C(CC1c2ccccc2-c2ccccc21)NCCc1ccc(C(=O)O)cc1. The van der Waals surface area contributed by atoms with Crippen molar-refractivity contribution in [1.29, 1.82) is 0 Å².